The zero-order valence-electron chi connectivity index (χ0n) is 8.84. The van der Waals surface area contributed by atoms with Crippen LogP contribution in [0.25, 0.3) is 0 Å². The summed E-state index contributed by atoms with van der Waals surface area (Å²) in [6.07, 6.45) is 7.88. The fraction of sp³-hybridized carbons (Fsp3) is 0.818. The molecule has 1 N–H and O–H groups in total. The molecule has 14 heavy (non-hydrogen) atoms. The van der Waals surface area contributed by atoms with Crippen LogP contribution in [0.3, 0.4) is 0 Å². The minimum atomic E-state index is -0.247. The maximum atomic E-state index is 11.3. The van der Waals surface area contributed by atoms with Crippen molar-refractivity contribution in [1.82, 2.24) is 5.32 Å². The Morgan fingerprint density at radius 3 is 2.21 bits per heavy atom. The van der Waals surface area contributed by atoms with Gasteiger partial charge in [0, 0.05) is 13.3 Å². The normalized spacial score (nSPS) is 18.6. The average Bonchev–Trinajstić information content (AvgIpc) is 2.31. The monoisotopic (exact) mass is 197 g/mol. The van der Waals surface area contributed by atoms with E-state index in [0.29, 0.717) is 12.3 Å². The van der Waals surface area contributed by atoms with Gasteiger partial charge in [-0.3, -0.25) is 14.9 Å². The van der Waals surface area contributed by atoms with Crippen molar-refractivity contribution in [3.05, 3.63) is 0 Å². The third-order valence-corrected chi connectivity index (χ3v) is 2.76. The van der Waals surface area contributed by atoms with E-state index in [1.165, 1.54) is 32.6 Å². The molecule has 0 saturated heterocycles. The molecule has 0 aliphatic heterocycles. The molecule has 1 rings (SSSR count). The van der Waals surface area contributed by atoms with Crippen LogP contribution in [0.2, 0.25) is 0 Å². The fourth-order valence-corrected chi connectivity index (χ4v) is 2.08. The molecule has 0 aromatic carbocycles. The predicted molar refractivity (Wildman–Crippen MR) is 54.6 cm³/mol. The van der Waals surface area contributed by atoms with Crippen LogP contribution >= 0.6 is 0 Å². The number of amides is 2. The quantitative estimate of drug-likeness (QED) is 0.688. The summed E-state index contributed by atoms with van der Waals surface area (Å²) >= 11 is 0. The third-order valence-electron chi connectivity index (χ3n) is 2.76. The van der Waals surface area contributed by atoms with Gasteiger partial charge in [0.15, 0.2) is 0 Å². The Labute approximate surface area is 85.3 Å². The summed E-state index contributed by atoms with van der Waals surface area (Å²) in [5, 5.41) is 2.33. The van der Waals surface area contributed by atoms with E-state index in [9.17, 15) is 9.59 Å². The molecule has 0 spiro atoms. The van der Waals surface area contributed by atoms with Gasteiger partial charge in [0.1, 0.15) is 0 Å². The molecule has 1 fully saturated rings. The summed E-state index contributed by atoms with van der Waals surface area (Å²) in [4.78, 5) is 21.9. The second-order valence-electron chi connectivity index (χ2n) is 4.17. The molecule has 1 aliphatic rings. The fourth-order valence-electron chi connectivity index (χ4n) is 2.08. The molecule has 3 nitrogen and oxygen atoms in total. The van der Waals surface area contributed by atoms with E-state index in [1.54, 1.807) is 0 Å². The Morgan fingerprint density at radius 1 is 1.14 bits per heavy atom. The zero-order chi connectivity index (χ0) is 10.4. The van der Waals surface area contributed by atoms with E-state index in [-0.39, 0.29) is 11.8 Å². The number of carbonyl (C=O) groups is 2. The van der Waals surface area contributed by atoms with Gasteiger partial charge in [-0.25, -0.2) is 0 Å². The van der Waals surface area contributed by atoms with E-state index >= 15 is 0 Å². The number of nitrogens with one attached hydrogen (secondary N) is 1. The van der Waals surface area contributed by atoms with E-state index in [2.05, 4.69) is 5.32 Å². The highest BCUT2D eigenvalue weighted by Crippen LogP contribution is 2.25. The third kappa shape index (κ3) is 4.40. The second kappa shape index (κ2) is 5.78. The Kier molecular flexibility index (Phi) is 4.63. The van der Waals surface area contributed by atoms with Gasteiger partial charge in [0.25, 0.3) is 0 Å². The first-order chi connectivity index (χ1) is 6.68. The van der Waals surface area contributed by atoms with Crippen LogP contribution in [-0.4, -0.2) is 11.8 Å². The molecule has 0 aromatic rings. The molecule has 0 unspecified atom stereocenters. The lowest BCUT2D eigenvalue weighted by Gasteiger charge is -2.12. The minimum absolute atomic E-state index is 0.107. The highest BCUT2D eigenvalue weighted by atomic mass is 16.2. The van der Waals surface area contributed by atoms with Crippen LogP contribution in [-0.2, 0) is 9.59 Å². The van der Waals surface area contributed by atoms with Crippen molar-refractivity contribution in [1.29, 1.82) is 0 Å². The number of carbonyl (C=O) groups excluding carboxylic acids is 2. The smallest absolute Gasteiger partial charge is 0.226 e. The minimum Gasteiger partial charge on any atom is -0.297 e. The predicted octanol–water partition coefficient (Wildman–Crippen LogP) is 2.01. The molecule has 1 saturated carbocycles. The SMILES string of the molecule is CC(=O)NC(=O)CC1CCCCCC1. The summed E-state index contributed by atoms with van der Waals surface area (Å²) in [5.41, 5.74) is 0. The van der Waals surface area contributed by atoms with Crippen molar-refractivity contribution in [3.63, 3.8) is 0 Å². The summed E-state index contributed by atoms with van der Waals surface area (Å²) in [5.74, 6) is 0.143. The molecular formula is C11H19NO2. The van der Waals surface area contributed by atoms with Gasteiger partial charge in [-0.15, -0.1) is 0 Å². The zero-order valence-corrected chi connectivity index (χ0v) is 8.84. The number of hydrogen-bond donors (Lipinski definition) is 1. The molecule has 3 heteroatoms. The van der Waals surface area contributed by atoms with Gasteiger partial charge in [-0.2, -0.15) is 0 Å². The van der Waals surface area contributed by atoms with Crippen molar-refractivity contribution in [2.75, 3.05) is 0 Å². The summed E-state index contributed by atoms with van der Waals surface area (Å²) in [6.45, 7) is 1.38. The Balaban J connectivity index is 2.27. The first kappa shape index (κ1) is 11.2. The number of hydrogen-bond acceptors (Lipinski definition) is 2. The van der Waals surface area contributed by atoms with Crippen LogP contribution in [0.1, 0.15) is 51.9 Å². The van der Waals surface area contributed by atoms with Crippen molar-refractivity contribution in [2.45, 2.75) is 51.9 Å². The Morgan fingerprint density at radius 2 is 1.71 bits per heavy atom. The Hall–Kier alpha value is -0.860. The summed E-state index contributed by atoms with van der Waals surface area (Å²) in [6, 6.07) is 0. The first-order valence-electron chi connectivity index (χ1n) is 5.49. The van der Waals surface area contributed by atoms with Crippen molar-refractivity contribution < 1.29 is 9.59 Å². The standard InChI is InChI=1S/C11H19NO2/c1-9(13)12-11(14)8-10-6-4-2-3-5-7-10/h10H,2-8H2,1H3,(H,12,13,14). The lowest BCUT2D eigenvalue weighted by atomic mass is 9.96. The van der Waals surface area contributed by atoms with Gasteiger partial charge in [0.2, 0.25) is 11.8 Å². The van der Waals surface area contributed by atoms with E-state index in [4.69, 9.17) is 0 Å². The van der Waals surface area contributed by atoms with Crippen molar-refractivity contribution in [3.8, 4) is 0 Å². The van der Waals surface area contributed by atoms with Crippen LogP contribution in [0.15, 0.2) is 0 Å². The van der Waals surface area contributed by atoms with E-state index in [0.717, 1.165) is 12.8 Å². The van der Waals surface area contributed by atoms with Crippen LogP contribution in [0.5, 0.6) is 0 Å². The van der Waals surface area contributed by atoms with Gasteiger partial charge in [-0.1, -0.05) is 25.7 Å². The highest BCUT2D eigenvalue weighted by Gasteiger charge is 2.16. The molecule has 1 aliphatic carbocycles. The van der Waals surface area contributed by atoms with Crippen LogP contribution in [0.4, 0.5) is 0 Å². The van der Waals surface area contributed by atoms with Gasteiger partial charge < -0.3 is 0 Å². The maximum Gasteiger partial charge on any atom is 0.226 e. The van der Waals surface area contributed by atoms with Gasteiger partial charge in [-0.05, 0) is 18.8 Å². The summed E-state index contributed by atoms with van der Waals surface area (Å²) < 4.78 is 0. The molecule has 0 radical (unpaired) electrons. The number of rotatable bonds is 2. The largest absolute Gasteiger partial charge is 0.297 e. The lowest BCUT2D eigenvalue weighted by molar-refractivity contribution is -0.129. The highest BCUT2D eigenvalue weighted by molar-refractivity contribution is 5.93. The average molecular weight is 197 g/mol. The maximum absolute atomic E-state index is 11.3. The van der Waals surface area contributed by atoms with Crippen LogP contribution < -0.4 is 5.32 Å². The number of imide groups is 1. The van der Waals surface area contributed by atoms with E-state index in [1.807, 2.05) is 0 Å². The molecule has 0 heterocycles. The lowest BCUT2D eigenvalue weighted by Crippen LogP contribution is -2.29. The molecule has 0 bridgehead atoms. The molecule has 0 aromatic heterocycles. The Bertz CT molecular complexity index is 205. The molecule has 0 atom stereocenters. The van der Waals surface area contributed by atoms with Crippen molar-refractivity contribution in [2.24, 2.45) is 5.92 Å². The van der Waals surface area contributed by atoms with Crippen LogP contribution in [0, 0.1) is 5.92 Å². The molecule has 2 amide bonds. The van der Waals surface area contributed by atoms with Gasteiger partial charge >= 0.3 is 0 Å². The van der Waals surface area contributed by atoms with Gasteiger partial charge in [0.05, 0.1) is 0 Å². The first-order valence-corrected chi connectivity index (χ1v) is 5.49. The second-order valence-corrected chi connectivity index (χ2v) is 4.17. The topological polar surface area (TPSA) is 46.2 Å². The van der Waals surface area contributed by atoms with Crippen molar-refractivity contribution >= 4 is 11.8 Å². The van der Waals surface area contributed by atoms with E-state index < -0.39 is 0 Å². The summed E-state index contributed by atoms with van der Waals surface area (Å²) in [7, 11) is 0. The molecular weight excluding hydrogens is 178 g/mol. The molecule has 80 valence electrons.